The topological polar surface area (TPSA) is 4.93 Å². The second kappa shape index (κ2) is 8.69. The van der Waals surface area contributed by atoms with Crippen molar-refractivity contribution in [2.45, 2.75) is 5.41 Å². The van der Waals surface area contributed by atoms with Crippen LogP contribution in [-0.4, -0.2) is 4.57 Å². The molecule has 0 atom stereocenters. The van der Waals surface area contributed by atoms with Crippen LogP contribution in [0.2, 0.25) is 0 Å². The van der Waals surface area contributed by atoms with Gasteiger partial charge in [-0.1, -0.05) is 127 Å². The molecule has 0 unspecified atom stereocenters. The zero-order valence-corrected chi connectivity index (χ0v) is 24.0. The third-order valence-corrected chi connectivity index (χ3v) is 10.0. The van der Waals surface area contributed by atoms with Gasteiger partial charge in [0.1, 0.15) is 0 Å². The number of aromatic nitrogens is 1. The molecule has 204 valence electrons. The Morgan fingerprint density at radius 3 is 1.52 bits per heavy atom. The molecule has 2 aliphatic rings. The molecule has 1 heterocycles. The molecule has 1 heteroatoms. The van der Waals surface area contributed by atoms with Crippen molar-refractivity contribution in [3.05, 3.63) is 186 Å². The van der Waals surface area contributed by atoms with E-state index in [4.69, 9.17) is 0 Å². The molecule has 7 aromatic carbocycles. The quantitative estimate of drug-likeness (QED) is 0.199. The summed E-state index contributed by atoms with van der Waals surface area (Å²) in [7, 11) is 0. The van der Waals surface area contributed by atoms with Gasteiger partial charge in [-0.15, -0.1) is 0 Å². The highest BCUT2D eigenvalue weighted by Crippen LogP contribution is 2.63. The maximum absolute atomic E-state index is 2.48. The van der Waals surface area contributed by atoms with E-state index < -0.39 is 0 Å². The first-order valence-electron chi connectivity index (χ1n) is 15.4. The van der Waals surface area contributed by atoms with Crippen LogP contribution in [0, 0.1) is 0 Å². The van der Waals surface area contributed by atoms with Crippen molar-refractivity contribution in [1.82, 2.24) is 4.57 Å². The van der Waals surface area contributed by atoms with Crippen molar-refractivity contribution in [2.24, 2.45) is 0 Å². The van der Waals surface area contributed by atoms with Crippen LogP contribution >= 0.6 is 0 Å². The van der Waals surface area contributed by atoms with Gasteiger partial charge in [-0.25, -0.2) is 0 Å². The summed E-state index contributed by atoms with van der Waals surface area (Å²) in [5.41, 5.74) is 16.7. The monoisotopic (exact) mass is 557 g/mol. The van der Waals surface area contributed by atoms with Crippen LogP contribution in [0.3, 0.4) is 0 Å². The van der Waals surface area contributed by atoms with E-state index in [9.17, 15) is 0 Å². The summed E-state index contributed by atoms with van der Waals surface area (Å²) in [6, 6.07) is 60.7. The van der Waals surface area contributed by atoms with Crippen LogP contribution in [0.25, 0.3) is 60.9 Å². The van der Waals surface area contributed by atoms with Crippen LogP contribution in [0.4, 0.5) is 0 Å². The van der Waals surface area contributed by atoms with Crippen LogP contribution in [0.1, 0.15) is 22.3 Å². The third kappa shape index (κ3) is 2.94. The van der Waals surface area contributed by atoms with Crippen molar-refractivity contribution in [2.75, 3.05) is 0 Å². The number of rotatable bonds is 2. The molecule has 10 rings (SSSR count). The number of hydrogen-bond acceptors (Lipinski definition) is 0. The summed E-state index contributed by atoms with van der Waals surface area (Å²) in [6.07, 6.45) is 0. The van der Waals surface area contributed by atoms with Crippen molar-refractivity contribution in [1.29, 1.82) is 0 Å². The summed E-state index contributed by atoms with van der Waals surface area (Å²) in [5.74, 6) is 0. The zero-order chi connectivity index (χ0) is 28.8. The fourth-order valence-corrected chi connectivity index (χ4v) is 8.28. The van der Waals surface area contributed by atoms with Gasteiger partial charge in [0, 0.05) is 16.5 Å². The van der Waals surface area contributed by atoms with Crippen molar-refractivity contribution < 1.29 is 0 Å². The van der Waals surface area contributed by atoms with E-state index in [0.29, 0.717) is 0 Å². The van der Waals surface area contributed by atoms with Crippen molar-refractivity contribution in [3.63, 3.8) is 0 Å². The minimum atomic E-state index is -0.331. The first-order valence-corrected chi connectivity index (χ1v) is 15.4. The van der Waals surface area contributed by atoms with Gasteiger partial charge in [0.05, 0.1) is 16.4 Å². The second-order valence-corrected chi connectivity index (χ2v) is 12.1. The Balaban J connectivity index is 1.24. The van der Waals surface area contributed by atoms with Crippen LogP contribution < -0.4 is 0 Å². The van der Waals surface area contributed by atoms with Crippen molar-refractivity contribution >= 4 is 21.8 Å². The number of benzene rings is 7. The van der Waals surface area contributed by atoms with Gasteiger partial charge in [-0.05, 0) is 92.0 Å². The van der Waals surface area contributed by atoms with Crippen LogP contribution in [0.15, 0.2) is 164 Å². The van der Waals surface area contributed by atoms with Crippen molar-refractivity contribution in [3.8, 4) is 39.1 Å². The van der Waals surface area contributed by atoms with Gasteiger partial charge in [0.2, 0.25) is 0 Å². The average Bonchev–Trinajstić information content (AvgIpc) is 3.70. The molecule has 0 bridgehead atoms. The molecule has 0 fully saturated rings. The summed E-state index contributed by atoms with van der Waals surface area (Å²) in [4.78, 5) is 0. The third-order valence-electron chi connectivity index (χ3n) is 10.0. The molecule has 0 aliphatic heterocycles. The Hall–Kier alpha value is -5.66. The number of nitrogens with zero attached hydrogens (tertiary/aromatic N) is 1. The molecule has 0 saturated heterocycles. The van der Waals surface area contributed by atoms with E-state index in [1.807, 2.05) is 0 Å². The average molecular weight is 558 g/mol. The second-order valence-electron chi connectivity index (χ2n) is 12.1. The summed E-state index contributed by atoms with van der Waals surface area (Å²) >= 11 is 0. The van der Waals surface area contributed by atoms with Crippen LogP contribution in [-0.2, 0) is 5.41 Å². The van der Waals surface area contributed by atoms with E-state index in [1.165, 1.54) is 83.1 Å². The highest BCUT2D eigenvalue weighted by atomic mass is 15.0. The Bertz CT molecular complexity index is 2380. The molecule has 44 heavy (non-hydrogen) atoms. The first-order chi connectivity index (χ1) is 21.8. The van der Waals surface area contributed by atoms with E-state index in [2.05, 4.69) is 168 Å². The predicted octanol–water partition coefficient (Wildman–Crippen LogP) is 10.8. The lowest BCUT2D eigenvalue weighted by atomic mass is 9.70. The highest BCUT2D eigenvalue weighted by Gasteiger charge is 2.51. The lowest BCUT2D eigenvalue weighted by molar-refractivity contribution is 0.794. The maximum Gasteiger partial charge on any atom is 0.0725 e. The summed E-state index contributed by atoms with van der Waals surface area (Å²) < 4.78 is 2.38. The lowest BCUT2D eigenvalue weighted by Gasteiger charge is -2.30. The Labute approximate surface area is 256 Å². The van der Waals surface area contributed by atoms with E-state index in [1.54, 1.807) is 0 Å². The smallest absolute Gasteiger partial charge is 0.0725 e. The van der Waals surface area contributed by atoms with Gasteiger partial charge < -0.3 is 4.57 Å². The van der Waals surface area contributed by atoms with Crippen LogP contribution in [0.5, 0.6) is 0 Å². The molecule has 1 aromatic heterocycles. The Morgan fingerprint density at radius 2 is 0.841 bits per heavy atom. The minimum Gasteiger partial charge on any atom is -0.309 e. The molecule has 1 nitrogen and oxygen atoms in total. The van der Waals surface area contributed by atoms with Gasteiger partial charge in [0.25, 0.3) is 0 Å². The predicted molar refractivity (Wildman–Crippen MR) is 183 cm³/mol. The molecule has 0 amide bonds. The Morgan fingerprint density at radius 1 is 0.341 bits per heavy atom. The molecule has 1 spiro atoms. The van der Waals surface area contributed by atoms with Gasteiger partial charge >= 0.3 is 0 Å². The molecule has 8 aromatic rings. The number of hydrogen-bond donors (Lipinski definition) is 0. The van der Waals surface area contributed by atoms with E-state index in [0.717, 1.165) is 0 Å². The van der Waals surface area contributed by atoms with E-state index >= 15 is 0 Å². The normalized spacial score (nSPS) is 13.6. The van der Waals surface area contributed by atoms with Gasteiger partial charge in [-0.2, -0.15) is 0 Å². The molecular formula is C43H27N. The zero-order valence-electron chi connectivity index (χ0n) is 24.0. The maximum atomic E-state index is 2.48. The summed E-state index contributed by atoms with van der Waals surface area (Å²) in [6.45, 7) is 0. The largest absolute Gasteiger partial charge is 0.309 e. The summed E-state index contributed by atoms with van der Waals surface area (Å²) in [5, 5.41) is 2.55. The standard InChI is InChI=1S/C43H27N/c1-2-12-30(13-3-1)44-41-21-11-7-17-35(41)36-26-28(23-25-42(36)44)29-22-24-34-33-16-6-10-20-39(33)43(40(34)27-29)37-18-8-4-14-31(37)32-15-5-9-19-38(32)43/h1-27H. The fraction of sp³-hybridized carbons (Fsp3) is 0.0233. The first kappa shape index (κ1) is 23.9. The molecule has 0 saturated carbocycles. The van der Waals surface area contributed by atoms with E-state index in [-0.39, 0.29) is 5.41 Å². The lowest BCUT2D eigenvalue weighted by Crippen LogP contribution is -2.25. The molecule has 2 aliphatic carbocycles. The SMILES string of the molecule is c1ccc(-n2c3ccccc3c3cc(-c4ccc5c(c4)C4(c6ccccc6-c6ccccc64)c4ccccc4-5)ccc32)cc1. The number of fused-ring (bicyclic) bond motifs is 13. The van der Waals surface area contributed by atoms with Gasteiger partial charge in [0.15, 0.2) is 0 Å². The minimum absolute atomic E-state index is 0.331. The number of para-hydroxylation sites is 2. The highest BCUT2D eigenvalue weighted by molar-refractivity contribution is 6.10. The molecular weight excluding hydrogens is 530 g/mol. The fourth-order valence-electron chi connectivity index (χ4n) is 8.28. The molecule has 0 radical (unpaired) electrons. The van der Waals surface area contributed by atoms with Gasteiger partial charge in [-0.3, -0.25) is 0 Å². The molecule has 0 N–H and O–H groups in total. The Kier molecular flexibility index (Phi) is 4.71.